The Kier molecular flexibility index (Phi) is 7.49. The van der Waals surface area contributed by atoms with Gasteiger partial charge in [0.1, 0.15) is 0 Å². The lowest BCUT2D eigenvalue weighted by molar-refractivity contribution is 0.103. The van der Waals surface area contributed by atoms with Gasteiger partial charge >= 0.3 is 4.87 Å². The molecule has 154 valence electrons. The molecular weight excluding hydrogens is 429 g/mol. The molecule has 0 spiro atoms. The van der Waals surface area contributed by atoms with E-state index >= 15 is 0 Å². The number of nitrogens with one attached hydrogen (secondary N) is 2. The molecule has 3 aromatic rings. The summed E-state index contributed by atoms with van der Waals surface area (Å²) in [5, 5.41) is 7.37. The summed E-state index contributed by atoms with van der Waals surface area (Å²) in [7, 11) is 1.93. The highest BCUT2D eigenvalue weighted by Gasteiger charge is 2.14. The zero-order valence-electron chi connectivity index (χ0n) is 16.3. The van der Waals surface area contributed by atoms with Crippen LogP contribution in [-0.4, -0.2) is 36.5 Å². The first-order chi connectivity index (χ1) is 13.9. The van der Waals surface area contributed by atoms with Crippen molar-refractivity contribution in [1.29, 1.82) is 0 Å². The van der Waals surface area contributed by atoms with Crippen molar-refractivity contribution in [3.63, 3.8) is 0 Å². The van der Waals surface area contributed by atoms with Crippen molar-refractivity contribution in [1.82, 2.24) is 15.2 Å². The van der Waals surface area contributed by atoms with Crippen LogP contribution in [0.1, 0.15) is 29.3 Å². The number of carbonyl (C=O) groups is 1. The highest BCUT2D eigenvalue weighted by Crippen LogP contribution is 2.25. The molecule has 3 rings (SSSR count). The van der Waals surface area contributed by atoms with E-state index in [0.717, 1.165) is 34.5 Å². The maximum atomic E-state index is 12.8. The molecule has 1 atom stereocenters. The number of aromatic nitrogens is 1. The molecule has 29 heavy (non-hydrogen) atoms. The van der Waals surface area contributed by atoms with Gasteiger partial charge in [0.05, 0.1) is 20.3 Å². The summed E-state index contributed by atoms with van der Waals surface area (Å²) in [5.41, 5.74) is 1.82. The predicted octanol–water partition coefficient (Wildman–Crippen LogP) is 4.19. The van der Waals surface area contributed by atoms with E-state index in [9.17, 15) is 9.59 Å². The van der Waals surface area contributed by atoms with Crippen molar-refractivity contribution >= 4 is 50.5 Å². The summed E-state index contributed by atoms with van der Waals surface area (Å²) in [4.78, 5) is 25.2. The lowest BCUT2D eigenvalue weighted by atomic mass is 10.0. The van der Waals surface area contributed by atoms with E-state index in [1.54, 1.807) is 34.9 Å². The Morgan fingerprint density at radius 1 is 1.14 bits per heavy atom. The van der Waals surface area contributed by atoms with Crippen LogP contribution < -0.4 is 15.5 Å². The van der Waals surface area contributed by atoms with Crippen LogP contribution in [0, 0.1) is 0 Å². The average Bonchev–Trinajstić information content (AvgIpc) is 3.03. The summed E-state index contributed by atoms with van der Waals surface area (Å²) in [6, 6.07) is 10.5. The van der Waals surface area contributed by atoms with Gasteiger partial charge in [0.2, 0.25) is 0 Å². The first-order valence-corrected chi connectivity index (χ1v) is 11.0. The molecule has 0 aliphatic carbocycles. The van der Waals surface area contributed by atoms with Crippen LogP contribution in [0.15, 0.2) is 41.2 Å². The molecule has 1 aromatic heterocycles. The molecule has 1 unspecified atom stereocenters. The normalized spacial score (nSPS) is 12.4. The molecule has 0 saturated carbocycles. The number of thiazole rings is 1. The smallest absolute Gasteiger partial charge is 0.308 e. The highest BCUT2D eigenvalue weighted by molar-refractivity contribution is 7.16. The molecule has 8 heteroatoms. The quantitative estimate of drug-likeness (QED) is 0.478. The second-order valence-corrected chi connectivity index (χ2v) is 8.58. The number of benzene rings is 2. The summed E-state index contributed by atoms with van der Waals surface area (Å²) < 4.78 is 2.55. The molecule has 0 aliphatic heterocycles. The third-order valence-electron chi connectivity index (χ3n) is 4.82. The standard InChI is InChI=1S/C21H23Cl2N3O2S/c1-3-15(12-24-2)25-8-9-26-18-7-5-14(11-19(18)29-21(26)28)20(27)13-4-6-16(22)17(23)10-13/h4-7,10-11,15,24-25H,3,8-9,12H2,1-2H3. The molecule has 2 N–H and O–H groups in total. The molecule has 5 nitrogen and oxygen atoms in total. The topological polar surface area (TPSA) is 63.1 Å². The SMILES string of the molecule is CCC(CNC)NCCn1c(=O)sc2cc(C(=O)c3ccc(Cl)c(Cl)c3)ccc21. The number of halogens is 2. The van der Waals surface area contributed by atoms with Gasteiger partial charge in [-0.25, -0.2) is 0 Å². The molecule has 0 bridgehead atoms. The minimum Gasteiger partial charge on any atom is -0.318 e. The number of likely N-dealkylation sites (N-methyl/N-ethyl adjacent to an activating group) is 1. The van der Waals surface area contributed by atoms with Crippen LogP contribution in [-0.2, 0) is 6.54 Å². The van der Waals surface area contributed by atoms with Crippen LogP contribution in [0.5, 0.6) is 0 Å². The first-order valence-electron chi connectivity index (χ1n) is 9.45. The molecule has 0 amide bonds. The zero-order valence-corrected chi connectivity index (χ0v) is 18.6. The van der Waals surface area contributed by atoms with Gasteiger partial charge in [-0.1, -0.05) is 41.5 Å². The molecule has 0 fully saturated rings. The van der Waals surface area contributed by atoms with Gasteiger partial charge in [0.25, 0.3) is 0 Å². The van der Waals surface area contributed by atoms with Gasteiger partial charge in [-0.05, 0) is 49.9 Å². The summed E-state index contributed by atoms with van der Waals surface area (Å²) in [6.45, 7) is 4.30. The molecule has 0 saturated heterocycles. The van der Waals surface area contributed by atoms with Crippen molar-refractivity contribution in [2.75, 3.05) is 20.1 Å². The third-order valence-corrected chi connectivity index (χ3v) is 6.50. The number of carbonyl (C=O) groups excluding carboxylic acids is 1. The number of hydrogen-bond donors (Lipinski definition) is 2. The monoisotopic (exact) mass is 451 g/mol. The Morgan fingerprint density at radius 2 is 1.86 bits per heavy atom. The van der Waals surface area contributed by atoms with E-state index in [1.807, 2.05) is 13.1 Å². The Labute approximate surface area is 183 Å². The predicted molar refractivity (Wildman–Crippen MR) is 122 cm³/mol. The molecule has 2 aromatic carbocycles. The van der Waals surface area contributed by atoms with E-state index in [4.69, 9.17) is 23.2 Å². The van der Waals surface area contributed by atoms with Crippen molar-refractivity contribution in [2.24, 2.45) is 0 Å². The lowest BCUT2D eigenvalue weighted by Gasteiger charge is -2.16. The average molecular weight is 452 g/mol. The Bertz CT molecular complexity index is 1080. The number of rotatable bonds is 9. The second kappa shape index (κ2) is 9.87. The first kappa shape index (κ1) is 22.0. The third kappa shape index (κ3) is 5.08. The van der Waals surface area contributed by atoms with E-state index < -0.39 is 0 Å². The van der Waals surface area contributed by atoms with E-state index in [2.05, 4.69) is 17.6 Å². The Hall–Kier alpha value is -1.70. The molecule has 0 aliphatic rings. The molecule has 1 heterocycles. The highest BCUT2D eigenvalue weighted by atomic mass is 35.5. The largest absolute Gasteiger partial charge is 0.318 e. The van der Waals surface area contributed by atoms with E-state index in [0.29, 0.717) is 40.3 Å². The minimum absolute atomic E-state index is 0.0254. The molecule has 0 radical (unpaired) electrons. The maximum absolute atomic E-state index is 12.8. The van der Waals surface area contributed by atoms with Gasteiger partial charge in [-0.2, -0.15) is 0 Å². The van der Waals surface area contributed by atoms with Gasteiger partial charge < -0.3 is 10.6 Å². The zero-order chi connectivity index (χ0) is 21.0. The van der Waals surface area contributed by atoms with Crippen LogP contribution in [0.3, 0.4) is 0 Å². The van der Waals surface area contributed by atoms with Crippen LogP contribution in [0.25, 0.3) is 10.2 Å². The maximum Gasteiger partial charge on any atom is 0.308 e. The number of nitrogens with zero attached hydrogens (tertiary/aromatic N) is 1. The van der Waals surface area contributed by atoms with Crippen molar-refractivity contribution in [3.8, 4) is 0 Å². The second-order valence-electron chi connectivity index (χ2n) is 6.78. The Balaban J connectivity index is 1.80. The van der Waals surface area contributed by atoms with Crippen molar-refractivity contribution in [3.05, 3.63) is 67.2 Å². The van der Waals surface area contributed by atoms with Crippen molar-refractivity contribution in [2.45, 2.75) is 25.9 Å². The van der Waals surface area contributed by atoms with Gasteiger partial charge in [-0.3, -0.25) is 14.2 Å². The molecular formula is C21H23Cl2N3O2S. The van der Waals surface area contributed by atoms with E-state index in [-0.39, 0.29) is 10.7 Å². The van der Waals surface area contributed by atoms with Crippen LogP contribution in [0.2, 0.25) is 10.0 Å². The van der Waals surface area contributed by atoms with Gasteiger partial charge in [0.15, 0.2) is 5.78 Å². The number of fused-ring (bicyclic) bond motifs is 1. The van der Waals surface area contributed by atoms with E-state index in [1.165, 1.54) is 0 Å². The fraction of sp³-hybridized carbons (Fsp3) is 0.333. The summed E-state index contributed by atoms with van der Waals surface area (Å²) in [6.07, 6.45) is 1.01. The van der Waals surface area contributed by atoms with Gasteiger partial charge in [0, 0.05) is 36.8 Å². The van der Waals surface area contributed by atoms with Crippen LogP contribution >= 0.6 is 34.5 Å². The summed E-state index contributed by atoms with van der Waals surface area (Å²) >= 11 is 13.1. The fourth-order valence-electron chi connectivity index (χ4n) is 3.21. The van der Waals surface area contributed by atoms with Crippen molar-refractivity contribution < 1.29 is 4.79 Å². The number of hydrogen-bond acceptors (Lipinski definition) is 5. The fourth-order valence-corrected chi connectivity index (χ4v) is 4.47. The van der Waals surface area contributed by atoms with Crippen LogP contribution in [0.4, 0.5) is 0 Å². The minimum atomic E-state index is -0.155. The number of ketones is 1. The summed E-state index contributed by atoms with van der Waals surface area (Å²) in [5.74, 6) is -0.155. The van der Waals surface area contributed by atoms with Gasteiger partial charge in [-0.15, -0.1) is 0 Å². The lowest BCUT2D eigenvalue weighted by Crippen LogP contribution is -2.39. The Morgan fingerprint density at radius 3 is 2.55 bits per heavy atom.